The molecule has 1 heterocycles. The number of sulfonamides is 1. The lowest BCUT2D eigenvalue weighted by Gasteiger charge is -2.08. The first-order valence-corrected chi connectivity index (χ1v) is 11.4. The van der Waals surface area contributed by atoms with E-state index in [1.807, 2.05) is 11.5 Å². The van der Waals surface area contributed by atoms with Crippen LogP contribution in [-0.2, 0) is 34.2 Å². The third-order valence-electron chi connectivity index (χ3n) is 4.80. The number of halogens is 1. The molecule has 0 aliphatic heterocycles. The second-order valence-electron chi connectivity index (χ2n) is 7.10. The molecule has 0 saturated heterocycles. The van der Waals surface area contributed by atoms with Crippen LogP contribution in [-0.4, -0.2) is 30.4 Å². The second-order valence-corrected chi connectivity index (χ2v) is 8.66. The van der Waals surface area contributed by atoms with Crippen LogP contribution < -0.4 is 10.5 Å². The van der Waals surface area contributed by atoms with Gasteiger partial charge >= 0.3 is 0 Å². The van der Waals surface area contributed by atoms with Crippen molar-refractivity contribution in [2.75, 3.05) is 6.54 Å². The molecule has 30 heavy (non-hydrogen) atoms. The number of primary sulfonamides is 1. The van der Waals surface area contributed by atoms with E-state index < -0.39 is 10.0 Å². The third kappa shape index (κ3) is 5.43. The van der Waals surface area contributed by atoms with Gasteiger partial charge in [0.2, 0.25) is 15.9 Å². The topological polar surface area (TPSA) is 107 Å². The molecule has 0 aliphatic rings. The number of aryl methyl sites for hydroxylation is 2. The van der Waals surface area contributed by atoms with Crippen molar-refractivity contribution in [3.8, 4) is 0 Å². The van der Waals surface area contributed by atoms with Gasteiger partial charge in [-0.25, -0.2) is 22.9 Å². The fourth-order valence-electron chi connectivity index (χ4n) is 3.31. The van der Waals surface area contributed by atoms with E-state index in [0.29, 0.717) is 31.4 Å². The van der Waals surface area contributed by atoms with Gasteiger partial charge in [0.15, 0.2) is 0 Å². The van der Waals surface area contributed by atoms with Crippen LogP contribution in [0.1, 0.15) is 31.2 Å². The maximum Gasteiger partial charge on any atom is 0.238 e. The minimum Gasteiger partial charge on any atom is -0.356 e. The molecule has 3 rings (SSSR count). The number of fused-ring (bicyclic) bond motifs is 1. The zero-order valence-electron chi connectivity index (χ0n) is 16.8. The minimum absolute atomic E-state index is 0.0150. The number of carbonyl (C=O) groups is 1. The van der Waals surface area contributed by atoms with Gasteiger partial charge in [-0.3, -0.25) is 4.79 Å². The van der Waals surface area contributed by atoms with Gasteiger partial charge in [-0.1, -0.05) is 19.1 Å². The highest BCUT2D eigenvalue weighted by molar-refractivity contribution is 7.89. The van der Waals surface area contributed by atoms with E-state index in [9.17, 15) is 17.6 Å². The zero-order valence-corrected chi connectivity index (χ0v) is 17.6. The summed E-state index contributed by atoms with van der Waals surface area (Å²) in [5, 5.41) is 8.08. The average molecular weight is 433 g/mol. The Bertz CT molecular complexity index is 1140. The predicted octanol–water partition coefficient (Wildman–Crippen LogP) is 2.52. The molecule has 0 aliphatic carbocycles. The van der Waals surface area contributed by atoms with Crippen LogP contribution in [0.2, 0.25) is 0 Å². The van der Waals surface area contributed by atoms with E-state index in [1.165, 1.54) is 24.3 Å². The highest BCUT2D eigenvalue weighted by atomic mass is 32.2. The smallest absolute Gasteiger partial charge is 0.238 e. The quantitative estimate of drug-likeness (QED) is 0.542. The van der Waals surface area contributed by atoms with Crippen molar-refractivity contribution in [3.63, 3.8) is 0 Å². The number of imidazole rings is 1. The summed E-state index contributed by atoms with van der Waals surface area (Å²) in [5.74, 6) is 0.346. The maximum absolute atomic E-state index is 12.9. The lowest BCUT2D eigenvalue weighted by atomic mass is 10.1. The van der Waals surface area contributed by atoms with Crippen LogP contribution in [0.25, 0.3) is 11.0 Å². The minimum atomic E-state index is -3.81. The SMILES string of the molecule is CCCn1c(CCC(=O)NCCc2ccc(F)cc2)nc2cc(S(N)(=O)=O)ccc21. The Morgan fingerprint density at radius 1 is 1.17 bits per heavy atom. The molecular formula is C21H25FN4O3S. The Hall–Kier alpha value is -2.78. The van der Waals surface area contributed by atoms with Crippen molar-refractivity contribution in [3.05, 3.63) is 59.7 Å². The molecule has 0 fully saturated rings. The molecule has 0 saturated carbocycles. The largest absolute Gasteiger partial charge is 0.356 e. The first-order chi connectivity index (χ1) is 14.3. The van der Waals surface area contributed by atoms with Crippen molar-refractivity contribution >= 4 is 27.0 Å². The molecule has 2 aromatic carbocycles. The molecule has 0 bridgehead atoms. The molecule has 160 valence electrons. The van der Waals surface area contributed by atoms with Gasteiger partial charge < -0.3 is 9.88 Å². The summed E-state index contributed by atoms with van der Waals surface area (Å²) in [7, 11) is -3.81. The number of aromatic nitrogens is 2. The number of carbonyl (C=O) groups excluding carboxylic acids is 1. The van der Waals surface area contributed by atoms with Gasteiger partial charge in [0.25, 0.3) is 0 Å². The number of hydrogen-bond donors (Lipinski definition) is 2. The van der Waals surface area contributed by atoms with Crippen LogP contribution in [0.4, 0.5) is 4.39 Å². The third-order valence-corrected chi connectivity index (χ3v) is 5.71. The van der Waals surface area contributed by atoms with E-state index >= 15 is 0 Å². The molecule has 1 aromatic heterocycles. The van der Waals surface area contributed by atoms with Gasteiger partial charge in [0, 0.05) is 25.9 Å². The molecular weight excluding hydrogens is 407 g/mol. The Labute approximate surface area is 175 Å². The predicted molar refractivity (Wildman–Crippen MR) is 113 cm³/mol. The van der Waals surface area contributed by atoms with E-state index in [1.54, 1.807) is 18.2 Å². The number of rotatable bonds is 9. The summed E-state index contributed by atoms with van der Waals surface area (Å²) in [6.07, 6.45) is 2.19. The molecule has 0 radical (unpaired) electrons. The van der Waals surface area contributed by atoms with Crippen molar-refractivity contribution in [2.45, 2.75) is 44.0 Å². The Morgan fingerprint density at radius 3 is 2.57 bits per heavy atom. The molecule has 1 amide bonds. The van der Waals surface area contributed by atoms with E-state index in [4.69, 9.17) is 5.14 Å². The lowest BCUT2D eigenvalue weighted by molar-refractivity contribution is -0.121. The fraction of sp³-hybridized carbons (Fsp3) is 0.333. The lowest BCUT2D eigenvalue weighted by Crippen LogP contribution is -2.26. The Morgan fingerprint density at radius 2 is 1.90 bits per heavy atom. The van der Waals surface area contributed by atoms with E-state index in [2.05, 4.69) is 10.3 Å². The van der Waals surface area contributed by atoms with Gasteiger partial charge in [-0.2, -0.15) is 0 Å². The first kappa shape index (κ1) is 21.9. The van der Waals surface area contributed by atoms with E-state index in [-0.39, 0.29) is 23.0 Å². The van der Waals surface area contributed by atoms with Gasteiger partial charge in [-0.15, -0.1) is 0 Å². The summed E-state index contributed by atoms with van der Waals surface area (Å²) < 4.78 is 38.1. The standard InChI is InChI=1S/C21H25FN4O3S/c1-2-13-26-19-8-7-17(30(23,28)29)14-18(19)25-20(26)9-10-21(27)24-12-11-15-3-5-16(22)6-4-15/h3-8,14H,2,9-13H2,1H3,(H,24,27)(H2,23,28,29). The van der Waals surface area contributed by atoms with Crippen molar-refractivity contribution in [2.24, 2.45) is 5.14 Å². The van der Waals surface area contributed by atoms with Crippen LogP contribution in [0.5, 0.6) is 0 Å². The number of benzene rings is 2. The Balaban J connectivity index is 1.64. The molecule has 0 spiro atoms. The second kappa shape index (κ2) is 9.36. The number of amides is 1. The molecule has 3 aromatic rings. The van der Waals surface area contributed by atoms with Crippen LogP contribution >= 0.6 is 0 Å². The fourth-order valence-corrected chi connectivity index (χ4v) is 3.85. The highest BCUT2D eigenvalue weighted by Crippen LogP contribution is 2.21. The summed E-state index contributed by atoms with van der Waals surface area (Å²) in [6, 6.07) is 10.8. The monoisotopic (exact) mass is 432 g/mol. The summed E-state index contributed by atoms with van der Waals surface area (Å²) in [4.78, 5) is 16.8. The van der Waals surface area contributed by atoms with Crippen molar-refractivity contribution in [1.29, 1.82) is 0 Å². The van der Waals surface area contributed by atoms with Crippen molar-refractivity contribution in [1.82, 2.24) is 14.9 Å². The molecule has 3 N–H and O–H groups in total. The number of nitrogens with one attached hydrogen (secondary N) is 1. The number of nitrogens with two attached hydrogens (primary N) is 1. The summed E-state index contributed by atoms with van der Waals surface area (Å²) >= 11 is 0. The average Bonchev–Trinajstić information content (AvgIpc) is 3.04. The van der Waals surface area contributed by atoms with Crippen molar-refractivity contribution < 1.29 is 17.6 Å². The van der Waals surface area contributed by atoms with Gasteiger partial charge in [0.1, 0.15) is 11.6 Å². The van der Waals surface area contributed by atoms with E-state index in [0.717, 1.165) is 23.3 Å². The molecule has 7 nitrogen and oxygen atoms in total. The summed E-state index contributed by atoms with van der Waals surface area (Å²) in [5.41, 5.74) is 2.31. The molecule has 0 unspecified atom stereocenters. The van der Waals surface area contributed by atoms with Crippen LogP contribution in [0.3, 0.4) is 0 Å². The highest BCUT2D eigenvalue weighted by Gasteiger charge is 2.15. The Kier molecular flexibility index (Phi) is 6.84. The maximum atomic E-state index is 12.9. The van der Waals surface area contributed by atoms with Crippen LogP contribution in [0, 0.1) is 5.82 Å². The molecule has 9 heteroatoms. The molecule has 0 atom stereocenters. The first-order valence-electron chi connectivity index (χ1n) is 9.81. The summed E-state index contributed by atoms with van der Waals surface area (Å²) in [6.45, 7) is 3.22. The number of hydrogen-bond acceptors (Lipinski definition) is 4. The number of nitrogens with zero attached hydrogens (tertiary/aromatic N) is 2. The normalized spacial score (nSPS) is 11.7. The zero-order chi connectivity index (χ0) is 21.7. The van der Waals surface area contributed by atoms with Crippen LogP contribution in [0.15, 0.2) is 47.4 Å². The van der Waals surface area contributed by atoms with Gasteiger partial charge in [-0.05, 0) is 48.7 Å². The van der Waals surface area contributed by atoms with Gasteiger partial charge in [0.05, 0.1) is 15.9 Å².